The van der Waals surface area contributed by atoms with Crippen LogP contribution in [0.5, 0.6) is 0 Å². The molecule has 1 aromatic carbocycles. The molecule has 7 nitrogen and oxygen atoms in total. The second-order valence-electron chi connectivity index (χ2n) is 5.92. The van der Waals surface area contributed by atoms with Gasteiger partial charge in [-0.15, -0.1) is 0 Å². The van der Waals surface area contributed by atoms with Crippen LogP contribution >= 0.6 is 0 Å². The summed E-state index contributed by atoms with van der Waals surface area (Å²) in [7, 11) is 0. The van der Waals surface area contributed by atoms with Crippen molar-refractivity contribution < 1.29 is 9.59 Å². The average Bonchev–Trinajstić information content (AvgIpc) is 2.94. The summed E-state index contributed by atoms with van der Waals surface area (Å²) in [4.78, 5) is 23.7. The molecule has 2 rings (SSSR count). The molecule has 0 fully saturated rings. The molecule has 1 atom stereocenters. The fraction of sp³-hybridized carbons (Fsp3) is 0.353. The third-order valence-electron chi connectivity index (χ3n) is 3.70. The van der Waals surface area contributed by atoms with E-state index in [1.807, 2.05) is 45.0 Å². The van der Waals surface area contributed by atoms with Gasteiger partial charge in [0.25, 0.3) is 0 Å². The molecule has 3 amide bonds. The molecule has 1 unspecified atom stereocenters. The van der Waals surface area contributed by atoms with E-state index in [0.717, 1.165) is 11.1 Å². The summed E-state index contributed by atoms with van der Waals surface area (Å²) in [5.74, 6) is 0.400. The normalized spacial score (nSPS) is 12.0. The van der Waals surface area contributed by atoms with Crippen LogP contribution in [-0.4, -0.2) is 21.7 Å². The van der Waals surface area contributed by atoms with Crippen LogP contribution < -0.4 is 16.4 Å². The van der Waals surface area contributed by atoms with Crippen molar-refractivity contribution in [1.29, 1.82) is 0 Å². The molecule has 128 valence electrons. The minimum Gasteiger partial charge on any atom is -0.352 e. The van der Waals surface area contributed by atoms with E-state index < -0.39 is 12.1 Å². The first-order valence-electron chi connectivity index (χ1n) is 7.83. The number of hydrogen-bond acceptors (Lipinski definition) is 3. The lowest BCUT2D eigenvalue weighted by Gasteiger charge is -2.20. The first kappa shape index (κ1) is 17.5. The number of nitrogens with one attached hydrogen (secondary N) is 2. The molecular formula is C17H23N5O2. The number of carbonyl (C=O) groups is 2. The number of aromatic nitrogens is 2. The third-order valence-corrected chi connectivity index (χ3v) is 3.70. The first-order chi connectivity index (χ1) is 11.4. The lowest BCUT2D eigenvalue weighted by Crippen LogP contribution is -2.35. The predicted octanol–water partition coefficient (Wildman–Crippen LogP) is 2.51. The molecule has 0 aliphatic heterocycles. The Morgan fingerprint density at radius 3 is 2.58 bits per heavy atom. The van der Waals surface area contributed by atoms with Crippen LogP contribution in [-0.2, 0) is 4.79 Å². The molecule has 0 spiro atoms. The van der Waals surface area contributed by atoms with E-state index in [-0.39, 0.29) is 18.4 Å². The lowest BCUT2D eigenvalue weighted by molar-refractivity contribution is -0.116. The summed E-state index contributed by atoms with van der Waals surface area (Å²) >= 11 is 0. The van der Waals surface area contributed by atoms with E-state index in [0.29, 0.717) is 5.82 Å². The zero-order valence-electron chi connectivity index (χ0n) is 14.1. The van der Waals surface area contributed by atoms with Crippen molar-refractivity contribution in [2.24, 2.45) is 5.73 Å². The topological polar surface area (TPSA) is 102 Å². The van der Waals surface area contributed by atoms with Gasteiger partial charge in [0.1, 0.15) is 5.82 Å². The number of nitrogens with zero attached hydrogens (tertiary/aromatic N) is 2. The summed E-state index contributed by atoms with van der Waals surface area (Å²) in [6.07, 6.45) is 1.72. The minimum atomic E-state index is -0.664. The van der Waals surface area contributed by atoms with Gasteiger partial charge in [-0.1, -0.05) is 24.3 Å². The highest BCUT2D eigenvalue weighted by Crippen LogP contribution is 2.22. The molecular weight excluding hydrogens is 306 g/mol. The summed E-state index contributed by atoms with van der Waals surface area (Å²) in [5.41, 5.74) is 7.11. The Morgan fingerprint density at radius 2 is 1.96 bits per heavy atom. The van der Waals surface area contributed by atoms with Gasteiger partial charge in [0.15, 0.2) is 0 Å². The van der Waals surface area contributed by atoms with Crippen molar-refractivity contribution in [3.05, 3.63) is 47.7 Å². The number of nitrogens with two attached hydrogens (primary N) is 1. The molecule has 0 aliphatic carbocycles. The van der Waals surface area contributed by atoms with Crippen LogP contribution in [0.4, 0.5) is 10.6 Å². The van der Waals surface area contributed by atoms with Crippen LogP contribution in [0.25, 0.3) is 0 Å². The van der Waals surface area contributed by atoms with Crippen LogP contribution in [0.2, 0.25) is 0 Å². The van der Waals surface area contributed by atoms with Gasteiger partial charge in [-0.2, -0.15) is 5.10 Å². The molecule has 1 aromatic heterocycles. The Balaban J connectivity index is 2.14. The molecule has 24 heavy (non-hydrogen) atoms. The minimum absolute atomic E-state index is 0.0804. The molecule has 0 bridgehead atoms. The van der Waals surface area contributed by atoms with Gasteiger partial charge in [0.2, 0.25) is 5.91 Å². The number of benzene rings is 1. The number of urea groups is 1. The van der Waals surface area contributed by atoms with Gasteiger partial charge in [0, 0.05) is 12.1 Å². The second kappa shape index (κ2) is 7.63. The van der Waals surface area contributed by atoms with E-state index in [1.165, 1.54) is 0 Å². The molecule has 2 aromatic rings. The zero-order valence-corrected chi connectivity index (χ0v) is 14.1. The first-order valence-corrected chi connectivity index (χ1v) is 7.83. The fourth-order valence-electron chi connectivity index (χ4n) is 2.59. The fourth-order valence-corrected chi connectivity index (χ4v) is 2.59. The number of amides is 3. The monoisotopic (exact) mass is 329 g/mol. The number of anilines is 1. The summed E-state index contributed by atoms with van der Waals surface area (Å²) in [6, 6.07) is 8.29. The maximum atomic E-state index is 12.4. The molecule has 7 heteroatoms. The third kappa shape index (κ3) is 4.34. The van der Waals surface area contributed by atoms with Gasteiger partial charge in [-0.3, -0.25) is 4.79 Å². The zero-order chi connectivity index (χ0) is 17.7. The predicted molar refractivity (Wildman–Crippen MR) is 92.5 cm³/mol. The van der Waals surface area contributed by atoms with Crippen LogP contribution in [0.1, 0.15) is 43.5 Å². The maximum absolute atomic E-state index is 12.4. The Bertz CT molecular complexity index is 723. The van der Waals surface area contributed by atoms with E-state index in [4.69, 9.17) is 5.73 Å². The van der Waals surface area contributed by atoms with Crippen molar-refractivity contribution in [3.63, 3.8) is 0 Å². The van der Waals surface area contributed by atoms with Crippen LogP contribution in [0, 0.1) is 6.92 Å². The van der Waals surface area contributed by atoms with Gasteiger partial charge in [0.05, 0.1) is 18.7 Å². The largest absolute Gasteiger partial charge is 0.352 e. The Kier molecular flexibility index (Phi) is 5.57. The van der Waals surface area contributed by atoms with Gasteiger partial charge in [-0.05, 0) is 31.9 Å². The maximum Gasteiger partial charge on any atom is 0.312 e. The van der Waals surface area contributed by atoms with Crippen molar-refractivity contribution in [2.45, 2.75) is 39.3 Å². The van der Waals surface area contributed by atoms with Gasteiger partial charge < -0.3 is 16.4 Å². The molecule has 4 N–H and O–H groups in total. The number of hydrogen-bond donors (Lipinski definition) is 3. The van der Waals surface area contributed by atoms with Crippen molar-refractivity contribution in [2.75, 3.05) is 5.32 Å². The van der Waals surface area contributed by atoms with Crippen molar-refractivity contribution in [1.82, 2.24) is 15.1 Å². The summed E-state index contributed by atoms with van der Waals surface area (Å²) in [6.45, 7) is 5.89. The highest BCUT2D eigenvalue weighted by Gasteiger charge is 2.20. The standard InChI is InChI=1S/C17H23N5O2/c1-11(2)22-15(8-9-19-22)21-16(23)10-14(20-17(18)24)13-7-5-4-6-12(13)3/h4-9,11,14H,10H2,1-3H3,(H,21,23)(H3,18,20,24). The molecule has 0 aliphatic rings. The van der Waals surface area contributed by atoms with E-state index in [1.54, 1.807) is 16.9 Å². The quantitative estimate of drug-likeness (QED) is 0.758. The Morgan fingerprint density at radius 1 is 1.25 bits per heavy atom. The van der Waals surface area contributed by atoms with Gasteiger partial charge >= 0.3 is 6.03 Å². The Hall–Kier alpha value is -2.83. The van der Waals surface area contributed by atoms with Crippen LogP contribution in [0.3, 0.4) is 0 Å². The Labute approximate surface area is 141 Å². The molecule has 0 radical (unpaired) electrons. The van der Waals surface area contributed by atoms with E-state index in [9.17, 15) is 9.59 Å². The smallest absolute Gasteiger partial charge is 0.312 e. The van der Waals surface area contributed by atoms with E-state index >= 15 is 0 Å². The number of aryl methyl sites for hydroxylation is 1. The number of rotatable bonds is 6. The summed E-state index contributed by atoms with van der Waals surface area (Å²) in [5, 5.41) is 9.66. The molecule has 1 heterocycles. The van der Waals surface area contributed by atoms with Crippen LogP contribution in [0.15, 0.2) is 36.5 Å². The molecule has 0 saturated carbocycles. The SMILES string of the molecule is Cc1ccccc1C(CC(=O)Nc1ccnn1C(C)C)NC(N)=O. The number of carbonyl (C=O) groups excluding carboxylic acids is 2. The van der Waals surface area contributed by atoms with Crippen molar-refractivity contribution >= 4 is 17.8 Å². The number of primary amides is 1. The average molecular weight is 329 g/mol. The lowest BCUT2D eigenvalue weighted by atomic mass is 9.98. The van der Waals surface area contributed by atoms with E-state index in [2.05, 4.69) is 15.7 Å². The summed E-state index contributed by atoms with van der Waals surface area (Å²) < 4.78 is 1.72. The van der Waals surface area contributed by atoms with Gasteiger partial charge in [-0.25, -0.2) is 9.48 Å². The highest BCUT2D eigenvalue weighted by molar-refractivity contribution is 5.90. The highest BCUT2D eigenvalue weighted by atomic mass is 16.2. The van der Waals surface area contributed by atoms with Crippen molar-refractivity contribution in [3.8, 4) is 0 Å². The molecule has 0 saturated heterocycles. The second-order valence-corrected chi connectivity index (χ2v) is 5.92.